The number of nitrogens with zero attached hydrogens (tertiary/aromatic N) is 2. The van der Waals surface area contributed by atoms with E-state index in [2.05, 4.69) is 8.83 Å². The number of ether oxygens (including phenoxy) is 1. The van der Waals surface area contributed by atoms with Crippen molar-refractivity contribution in [3.05, 3.63) is 38.0 Å². The fourth-order valence-electron chi connectivity index (χ4n) is 2.30. The lowest BCUT2D eigenvalue weighted by Gasteiger charge is -2.24. The van der Waals surface area contributed by atoms with Crippen molar-refractivity contribution in [1.82, 2.24) is 9.55 Å². The largest absolute Gasteiger partial charge is 0.496 e. The first-order valence-corrected chi connectivity index (χ1v) is 10.0. The van der Waals surface area contributed by atoms with Gasteiger partial charge in [0.05, 0.1) is 6.61 Å². The Labute approximate surface area is 148 Å². The quantitative estimate of drug-likeness (QED) is 0.319. The fraction of sp³-hybridized carbons (Fsp3) is 0.600. The number of rotatable bonds is 7. The molecule has 1 aromatic rings. The van der Waals surface area contributed by atoms with Gasteiger partial charge in [0.15, 0.2) is 11.9 Å². The molecule has 152 valence electrons. The number of phosphoric acid groups is 1. The molecule has 2 heterocycles. The molecule has 2 rings (SSSR count). The van der Waals surface area contributed by atoms with Crippen LogP contribution in [0.25, 0.3) is 0 Å². The summed E-state index contributed by atoms with van der Waals surface area (Å²) in [5, 5.41) is 10.0. The second-order valence-electron chi connectivity index (χ2n) is 5.56. The number of nitrogens with one attached hydrogen (secondary N) is 1. The molecule has 0 aromatic carbocycles. The minimum atomic E-state index is -5.30. The third kappa shape index (κ3) is 4.83. The Balaban J connectivity index is 2.17. The fourth-order valence-corrected chi connectivity index (χ4v) is 4.02. The van der Waals surface area contributed by atoms with Gasteiger partial charge in [-0.05, 0) is 6.92 Å². The molecule has 1 fully saturated rings. The van der Waals surface area contributed by atoms with E-state index in [0.29, 0.717) is 4.57 Å². The maximum Gasteiger partial charge on any atom is 0.496 e. The van der Waals surface area contributed by atoms with E-state index in [-0.39, 0.29) is 0 Å². The molecule has 27 heavy (non-hydrogen) atoms. The Hall–Kier alpha value is -1.57. The van der Waals surface area contributed by atoms with Gasteiger partial charge in [0.2, 0.25) is 0 Å². The Morgan fingerprint density at radius 3 is 2.63 bits per heavy atom. The molecule has 0 spiro atoms. The van der Waals surface area contributed by atoms with Crippen molar-refractivity contribution in [3.8, 4) is 0 Å². The lowest BCUT2D eigenvalue weighted by Crippen LogP contribution is -2.43. The summed E-state index contributed by atoms with van der Waals surface area (Å²) in [6.45, 7) is -0.158. The van der Waals surface area contributed by atoms with E-state index >= 15 is 0 Å². The van der Waals surface area contributed by atoms with Crippen LogP contribution >= 0.6 is 15.6 Å². The molecule has 0 saturated carbocycles. The van der Waals surface area contributed by atoms with Crippen LogP contribution in [0.4, 0.5) is 4.39 Å². The number of aliphatic hydroxyl groups excluding tert-OH is 1. The van der Waals surface area contributed by atoms with Gasteiger partial charge in [-0.3, -0.25) is 18.9 Å². The van der Waals surface area contributed by atoms with Crippen LogP contribution < -0.4 is 11.2 Å². The SMILES string of the molecule is CC1(F)C(O)C(COP(=O)(O)OP(=O)(O)N=O)OC1n1ccc(=O)[nH]c1=O. The molecule has 6 unspecified atom stereocenters. The van der Waals surface area contributed by atoms with Gasteiger partial charge < -0.3 is 19.6 Å². The molecule has 0 bridgehead atoms. The summed E-state index contributed by atoms with van der Waals surface area (Å²) in [6, 6.07) is 0.901. The van der Waals surface area contributed by atoms with Crippen molar-refractivity contribution < 1.29 is 42.0 Å². The monoisotopic (exact) mass is 433 g/mol. The van der Waals surface area contributed by atoms with Crippen molar-refractivity contribution in [3.63, 3.8) is 0 Å². The average molecular weight is 433 g/mol. The highest BCUT2D eigenvalue weighted by Crippen LogP contribution is 2.60. The lowest BCUT2D eigenvalue weighted by atomic mass is 9.98. The molecule has 0 amide bonds. The minimum absolute atomic E-state index is 0.637. The molecule has 4 N–H and O–H groups in total. The van der Waals surface area contributed by atoms with E-state index in [0.717, 1.165) is 19.2 Å². The molecular formula is C10H14FN3O11P2. The summed E-state index contributed by atoms with van der Waals surface area (Å²) < 4.78 is 51.0. The first-order chi connectivity index (χ1) is 12.3. The highest BCUT2D eigenvalue weighted by Gasteiger charge is 2.55. The number of nitroso groups, excluding NO2 is 1. The Morgan fingerprint density at radius 1 is 1.44 bits per heavy atom. The Bertz CT molecular complexity index is 929. The van der Waals surface area contributed by atoms with E-state index in [1.807, 2.05) is 4.98 Å². The van der Waals surface area contributed by atoms with E-state index in [9.17, 15) is 38.0 Å². The smallest absolute Gasteiger partial charge is 0.387 e. The van der Waals surface area contributed by atoms with Crippen LogP contribution in [0.1, 0.15) is 13.2 Å². The lowest BCUT2D eigenvalue weighted by molar-refractivity contribution is -0.0604. The van der Waals surface area contributed by atoms with Gasteiger partial charge >= 0.3 is 21.3 Å². The van der Waals surface area contributed by atoms with Gasteiger partial charge in [-0.25, -0.2) is 18.3 Å². The summed E-state index contributed by atoms with van der Waals surface area (Å²) in [6.07, 6.45) is -4.44. The number of hydrogen-bond donors (Lipinski definition) is 4. The maximum atomic E-state index is 14.8. The zero-order valence-corrected chi connectivity index (χ0v) is 15.2. The van der Waals surface area contributed by atoms with Crippen LogP contribution in [0.5, 0.6) is 0 Å². The standard InChI is InChI=1S/C10H14FN3O11P2/c1-10(11)7(16)5(4-23-27(21,22)25-26(19,20)13-18)24-8(10)14-3-2-6(15)12-9(14)17/h2-3,5,7-8,16H,4H2,1H3,(H,19,20)(H,21,22)(H,12,15,17). The van der Waals surface area contributed by atoms with Gasteiger partial charge in [0.1, 0.15) is 12.2 Å². The van der Waals surface area contributed by atoms with Crippen LogP contribution in [-0.4, -0.2) is 48.9 Å². The van der Waals surface area contributed by atoms with Crippen LogP contribution in [0, 0.1) is 4.91 Å². The van der Waals surface area contributed by atoms with E-state index < -0.39 is 57.5 Å². The topological polar surface area (TPSA) is 207 Å². The van der Waals surface area contributed by atoms with Crippen LogP contribution in [-0.2, 0) is 22.7 Å². The molecule has 0 aliphatic carbocycles. The number of aromatic nitrogens is 2. The Kier molecular flexibility index (Phi) is 5.99. The summed E-state index contributed by atoms with van der Waals surface area (Å²) in [4.78, 5) is 54.4. The summed E-state index contributed by atoms with van der Waals surface area (Å²) >= 11 is 0. The molecule has 6 atom stereocenters. The predicted octanol–water partition coefficient (Wildman–Crippen LogP) is -0.477. The number of aromatic amines is 1. The van der Waals surface area contributed by atoms with E-state index in [1.165, 1.54) is 0 Å². The second-order valence-corrected chi connectivity index (χ2v) is 8.55. The highest BCUT2D eigenvalue weighted by atomic mass is 31.3. The average Bonchev–Trinajstić information content (AvgIpc) is 2.75. The molecule has 17 heteroatoms. The predicted molar refractivity (Wildman–Crippen MR) is 83.2 cm³/mol. The van der Waals surface area contributed by atoms with Gasteiger partial charge in [-0.1, -0.05) is 0 Å². The highest BCUT2D eigenvalue weighted by molar-refractivity contribution is 7.63. The van der Waals surface area contributed by atoms with Crippen molar-refractivity contribution in [1.29, 1.82) is 0 Å². The number of alkyl halides is 1. The molecule has 14 nitrogen and oxygen atoms in total. The normalized spacial score (nSPS) is 32.6. The molecule has 1 aromatic heterocycles. The van der Waals surface area contributed by atoms with Crippen molar-refractivity contribution >= 4 is 15.6 Å². The van der Waals surface area contributed by atoms with Crippen molar-refractivity contribution in [2.75, 3.05) is 6.61 Å². The first kappa shape index (κ1) is 21.7. The number of phosphoric ester groups is 1. The van der Waals surface area contributed by atoms with E-state index in [4.69, 9.17) is 9.63 Å². The number of hydrogen-bond acceptors (Lipinski definition) is 9. The van der Waals surface area contributed by atoms with Gasteiger partial charge in [-0.15, -0.1) is 4.91 Å². The molecule has 0 radical (unpaired) electrons. The van der Waals surface area contributed by atoms with E-state index in [1.54, 1.807) is 4.95 Å². The number of H-pyrrole nitrogens is 1. The molecule has 1 aliphatic rings. The zero-order chi connectivity index (χ0) is 20.6. The summed E-state index contributed by atoms with van der Waals surface area (Å²) in [5.74, 6) is 0. The molecule has 1 saturated heterocycles. The van der Waals surface area contributed by atoms with Gasteiger partial charge in [0.25, 0.3) is 5.56 Å². The first-order valence-electron chi connectivity index (χ1n) is 6.99. The van der Waals surface area contributed by atoms with Crippen molar-refractivity contribution in [2.45, 2.75) is 31.0 Å². The number of aliphatic hydroxyl groups is 1. The van der Waals surface area contributed by atoms with Gasteiger partial charge in [-0.2, -0.15) is 4.31 Å². The third-order valence-electron chi connectivity index (χ3n) is 3.54. The van der Waals surface area contributed by atoms with Crippen LogP contribution in [0.15, 0.2) is 26.8 Å². The van der Waals surface area contributed by atoms with Crippen molar-refractivity contribution in [2.24, 2.45) is 4.95 Å². The number of halogens is 1. The summed E-state index contributed by atoms with van der Waals surface area (Å²) in [7, 11) is -10.6. The van der Waals surface area contributed by atoms with Crippen LogP contribution in [0.2, 0.25) is 0 Å². The minimum Gasteiger partial charge on any atom is -0.387 e. The Morgan fingerprint density at radius 2 is 2.07 bits per heavy atom. The zero-order valence-electron chi connectivity index (χ0n) is 13.4. The summed E-state index contributed by atoms with van der Waals surface area (Å²) in [5.41, 5.74) is -4.40. The second kappa shape index (κ2) is 7.45. The molecular weight excluding hydrogens is 419 g/mol. The van der Waals surface area contributed by atoms with Gasteiger partial charge in [0, 0.05) is 17.2 Å². The molecule has 1 aliphatic heterocycles. The third-order valence-corrected chi connectivity index (χ3v) is 5.89. The van der Waals surface area contributed by atoms with Crippen LogP contribution in [0.3, 0.4) is 0 Å². The maximum absolute atomic E-state index is 14.8.